The molecule has 2 heterocycles. The van der Waals surface area contributed by atoms with E-state index in [0.717, 1.165) is 29.1 Å². The number of fused-ring (bicyclic) bond motifs is 4. The third kappa shape index (κ3) is 4.53. The molecule has 0 aliphatic carbocycles. The van der Waals surface area contributed by atoms with Crippen LogP contribution in [0.4, 0.5) is 5.69 Å². The van der Waals surface area contributed by atoms with Crippen molar-refractivity contribution in [1.29, 1.82) is 0 Å². The second kappa shape index (κ2) is 8.27. The summed E-state index contributed by atoms with van der Waals surface area (Å²) in [5.41, 5.74) is 4.47. The van der Waals surface area contributed by atoms with E-state index in [-0.39, 0.29) is 35.5 Å². The van der Waals surface area contributed by atoms with Crippen LogP contribution in [0.5, 0.6) is 5.75 Å². The molecule has 2 aromatic carbocycles. The van der Waals surface area contributed by atoms with Crippen molar-refractivity contribution in [3.63, 3.8) is 0 Å². The number of hydrogen-bond donors (Lipinski definition) is 2. The lowest BCUT2D eigenvalue weighted by atomic mass is 9.72. The van der Waals surface area contributed by atoms with E-state index in [0.29, 0.717) is 11.4 Å². The SMILES string of the molecule is C=CC(=O)OCCC(=O)Nc1ccc2c(c1)n1n(-c3ccc(C(C)(C)CC(C)(C)C)cc3O)n21. The van der Waals surface area contributed by atoms with Crippen LogP contribution in [0.15, 0.2) is 49.1 Å². The van der Waals surface area contributed by atoms with E-state index in [2.05, 4.69) is 52.6 Å². The average molecular weight is 465 g/mol. The lowest BCUT2D eigenvalue weighted by molar-refractivity contribution is -0.138. The van der Waals surface area contributed by atoms with Crippen LogP contribution in [-0.2, 0) is 19.7 Å². The molecule has 4 rings (SSSR count). The van der Waals surface area contributed by atoms with Gasteiger partial charge in [0, 0.05) is 11.8 Å². The quantitative estimate of drug-likeness (QED) is 0.287. The number of ether oxygens (including phenoxy) is 1. The van der Waals surface area contributed by atoms with E-state index in [1.54, 1.807) is 0 Å². The highest BCUT2D eigenvalue weighted by atomic mass is 16.5. The largest absolute Gasteiger partial charge is 0.506 e. The summed E-state index contributed by atoms with van der Waals surface area (Å²) in [4.78, 5) is 25.1. The molecule has 34 heavy (non-hydrogen) atoms. The maximum absolute atomic E-state index is 12.1. The number of esters is 1. The second-order valence-electron chi connectivity index (χ2n) is 10.6. The summed E-state index contributed by atoms with van der Waals surface area (Å²) in [6.45, 7) is 14.4. The maximum atomic E-state index is 12.1. The van der Waals surface area contributed by atoms with Gasteiger partial charge in [0.2, 0.25) is 5.91 Å². The number of aromatic nitrogens is 3. The number of phenolic OH excluding ortho intramolecular Hbond substituents is 1. The first-order valence-corrected chi connectivity index (χ1v) is 11.4. The van der Waals surface area contributed by atoms with Crippen molar-refractivity contribution < 1.29 is 19.4 Å². The Labute approximate surface area is 198 Å². The topological polar surface area (TPSA) is 89.4 Å². The van der Waals surface area contributed by atoms with Crippen molar-refractivity contribution in [3.05, 3.63) is 54.6 Å². The highest BCUT2D eigenvalue weighted by Crippen LogP contribution is 2.39. The first-order valence-electron chi connectivity index (χ1n) is 11.4. The monoisotopic (exact) mass is 464 g/mol. The first-order chi connectivity index (χ1) is 15.9. The number of carbonyl (C=O) groups excluding carboxylic acids is 2. The minimum absolute atomic E-state index is 0.00284. The Kier molecular flexibility index (Phi) is 5.71. The first kappa shape index (κ1) is 23.5. The molecular formula is C26H32N4O4. The van der Waals surface area contributed by atoms with Crippen LogP contribution in [-0.4, -0.2) is 37.6 Å². The molecule has 0 unspecified atom stereocenters. The number of nitrogens with zero attached hydrogens (tertiary/aromatic N) is 3. The third-order valence-electron chi connectivity index (χ3n) is 5.88. The number of anilines is 1. The summed E-state index contributed by atoms with van der Waals surface area (Å²) in [6, 6.07) is 11.5. The van der Waals surface area contributed by atoms with E-state index >= 15 is 0 Å². The number of rotatable bonds is 8. The normalized spacial score (nSPS) is 12.5. The van der Waals surface area contributed by atoms with Gasteiger partial charge in [0.25, 0.3) is 0 Å². The minimum Gasteiger partial charge on any atom is -0.506 e. The zero-order valence-electron chi connectivity index (χ0n) is 20.4. The Bertz CT molecular complexity index is 1360. The van der Waals surface area contributed by atoms with Crippen LogP contribution >= 0.6 is 0 Å². The summed E-state index contributed by atoms with van der Waals surface area (Å²) in [5.74, 6) is -0.575. The third-order valence-corrected chi connectivity index (χ3v) is 5.88. The van der Waals surface area contributed by atoms with Crippen LogP contribution in [0.1, 0.15) is 53.0 Å². The van der Waals surface area contributed by atoms with Crippen LogP contribution in [0.2, 0.25) is 0 Å². The lowest BCUT2D eigenvalue weighted by Crippen LogP contribution is -2.24. The fraction of sp³-hybridized carbons (Fsp3) is 0.385. The Balaban J connectivity index is 1.50. The molecule has 180 valence electrons. The van der Waals surface area contributed by atoms with Crippen molar-refractivity contribution in [1.82, 2.24) is 14.1 Å². The van der Waals surface area contributed by atoms with Gasteiger partial charge in [0.05, 0.1) is 6.42 Å². The van der Waals surface area contributed by atoms with Gasteiger partial charge >= 0.3 is 5.97 Å². The molecule has 0 atom stereocenters. The standard InChI is InChI=1S/C26H32N4O4/c1-7-24(33)34-13-12-23(32)27-18-9-11-19-21(15-18)30-28(19)29(30)20-10-8-17(14-22(20)31)26(5,6)16-25(2,3)4/h7-11,14-15,31H,1,12-13,16H2,2-6H3,(H,27,32). The second-order valence-corrected chi connectivity index (χ2v) is 10.6. The highest BCUT2D eigenvalue weighted by Gasteiger charge is 2.30. The Morgan fingerprint density at radius 3 is 2.41 bits per heavy atom. The zero-order valence-corrected chi connectivity index (χ0v) is 20.4. The van der Waals surface area contributed by atoms with Gasteiger partial charge in [-0.05, 0) is 53.1 Å². The Hall–Kier alpha value is -3.68. The van der Waals surface area contributed by atoms with Crippen molar-refractivity contribution in [2.45, 2.75) is 52.9 Å². The fourth-order valence-corrected chi connectivity index (χ4v) is 4.69. The van der Waals surface area contributed by atoms with Crippen LogP contribution in [0.25, 0.3) is 16.7 Å². The van der Waals surface area contributed by atoms with Gasteiger partial charge < -0.3 is 15.2 Å². The highest BCUT2D eigenvalue weighted by molar-refractivity contribution is 5.94. The molecule has 2 aromatic heterocycles. The van der Waals surface area contributed by atoms with E-state index in [1.807, 2.05) is 44.4 Å². The maximum Gasteiger partial charge on any atom is 0.330 e. The summed E-state index contributed by atoms with van der Waals surface area (Å²) >= 11 is 0. The van der Waals surface area contributed by atoms with Gasteiger partial charge in [-0.25, -0.2) is 4.79 Å². The Morgan fingerprint density at radius 2 is 1.76 bits per heavy atom. The predicted molar refractivity (Wildman–Crippen MR) is 132 cm³/mol. The Morgan fingerprint density at radius 1 is 1.06 bits per heavy atom. The number of aromatic hydroxyl groups is 1. The number of phenols is 1. The number of nitrogens with one attached hydrogen (secondary N) is 1. The van der Waals surface area contributed by atoms with Crippen LogP contribution in [0, 0.1) is 5.41 Å². The van der Waals surface area contributed by atoms with E-state index in [9.17, 15) is 14.7 Å². The average Bonchev–Trinajstić information content (AvgIpc) is 3.39. The van der Waals surface area contributed by atoms with Gasteiger partial charge in [-0.3, -0.25) is 4.79 Å². The molecule has 4 aromatic rings. The molecule has 0 aliphatic rings. The van der Waals surface area contributed by atoms with Gasteiger partial charge in [0.15, 0.2) is 0 Å². The fourth-order valence-electron chi connectivity index (χ4n) is 4.69. The molecule has 0 saturated carbocycles. The van der Waals surface area contributed by atoms with Crippen LogP contribution < -0.4 is 5.32 Å². The summed E-state index contributed by atoms with van der Waals surface area (Å²) in [7, 11) is 0. The summed E-state index contributed by atoms with van der Waals surface area (Å²) < 4.78 is 8.71. The molecule has 0 saturated heterocycles. The minimum atomic E-state index is -0.551. The zero-order chi connectivity index (χ0) is 24.8. The van der Waals surface area contributed by atoms with Crippen molar-refractivity contribution in [2.24, 2.45) is 5.41 Å². The van der Waals surface area contributed by atoms with Gasteiger partial charge in [0.1, 0.15) is 29.1 Å². The molecule has 0 bridgehead atoms. The molecule has 8 heteroatoms. The smallest absolute Gasteiger partial charge is 0.330 e. The molecular weight excluding hydrogens is 432 g/mol. The predicted octanol–water partition coefficient (Wildman–Crippen LogP) is 4.90. The number of amides is 1. The molecule has 0 spiro atoms. The van der Waals surface area contributed by atoms with Gasteiger partial charge in [-0.1, -0.05) is 47.3 Å². The van der Waals surface area contributed by atoms with Crippen molar-refractivity contribution >= 4 is 28.6 Å². The number of benzene rings is 2. The molecule has 0 radical (unpaired) electrons. The lowest BCUT2D eigenvalue weighted by Gasteiger charge is -2.33. The molecule has 2 N–H and O–H groups in total. The summed E-state index contributed by atoms with van der Waals surface area (Å²) in [6.07, 6.45) is 2.12. The molecule has 0 fully saturated rings. The van der Waals surface area contributed by atoms with E-state index in [1.165, 1.54) is 0 Å². The molecule has 1 amide bonds. The van der Waals surface area contributed by atoms with E-state index < -0.39 is 5.97 Å². The molecule has 8 nitrogen and oxygen atoms in total. The molecule has 0 aliphatic heterocycles. The number of carbonyl (C=O) groups is 2. The van der Waals surface area contributed by atoms with Crippen molar-refractivity contribution in [2.75, 3.05) is 11.9 Å². The van der Waals surface area contributed by atoms with Gasteiger partial charge in [-0.2, -0.15) is 0 Å². The number of hydrogen-bond acceptors (Lipinski definition) is 4. The van der Waals surface area contributed by atoms with E-state index in [4.69, 9.17) is 4.74 Å². The van der Waals surface area contributed by atoms with Gasteiger partial charge in [-0.15, -0.1) is 14.1 Å². The van der Waals surface area contributed by atoms with Crippen molar-refractivity contribution in [3.8, 4) is 11.4 Å². The van der Waals surface area contributed by atoms with Crippen LogP contribution in [0.3, 0.4) is 0 Å². The summed E-state index contributed by atoms with van der Waals surface area (Å²) in [5, 5.41) is 13.6.